The number of nitrogens with one attached hydrogen (secondary N) is 2. The summed E-state index contributed by atoms with van der Waals surface area (Å²) in [4.78, 5) is 11.7. The van der Waals surface area contributed by atoms with Crippen molar-refractivity contribution in [1.29, 1.82) is 0 Å². The highest BCUT2D eigenvalue weighted by Gasteiger charge is 2.19. The van der Waals surface area contributed by atoms with Crippen LogP contribution in [0.4, 0.5) is 11.5 Å². The number of aromatic nitrogens is 1. The number of carbonyl (C=O) groups is 1. The lowest BCUT2D eigenvalue weighted by Gasteiger charge is -2.12. The van der Waals surface area contributed by atoms with Crippen LogP contribution in [0.1, 0.15) is 5.76 Å². The number of nitrogens with zero attached hydrogens (tertiary/aromatic N) is 1. The Hall–Kier alpha value is -3.04. The molecule has 3 rings (SSSR count). The molecule has 0 aliphatic carbocycles. The molecule has 1 amide bonds. The van der Waals surface area contributed by atoms with Crippen molar-refractivity contribution in [2.45, 2.75) is 11.8 Å². The molecular formula is C18H16ClN3O5S. The predicted octanol–water partition coefficient (Wildman–Crippen LogP) is 3.45. The highest BCUT2D eigenvalue weighted by atomic mass is 35.5. The number of carbonyl (C=O) groups excluding carboxylic acids is 1. The molecule has 1 heterocycles. The van der Waals surface area contributed by atoms with Crippen molar-refractivity contribution in [3.05, 3.63) is 65.4 Å². The molecule has 8 nitrogen and oxygen atoms in total. The molecule has 0 aliphatic heterocycles. The smallest absolute Gasteiger partial charge is 0.263 e. The molecular weight excluding hydrogens is 406 g/mol. The Labute approximate surface area is 166 Å². The number of para-hydroxylation sites is 1. The molecule has 0 saturated heterocycles. The van der Waals surface area contributed by atoms with Gasteiger partial charge in [-0.3, -0.25) is 9.52 Å². The van der Waals surface area contributed by atoms with Gasteiger partial charge in [0.2, 0.25) is 0 Å². The maximum atomic E-state index is 12.6. The van der Waals surface area contributed by atoms with Crippen molar-refractivity contribution in [1.82, 2.24) is 5.16 Å². The molecule has 0 radical (unpaired) electrons. The van der Waals surface area contributed by atoms with Gasteiger partial charge in [0.25, 0.3) is 15.9 Å². The van der Waals surface area contributed by atoms with E-state index in [9.17, 15) is 13.2 Å². The van der Waals surface area contributed by atoms with E-state index in [1.807, 2.05) is 0 Å². The van der Waals surface area contributed by atoms with Crippen LogP contribution in [0, 0.1) is 6.92 Å². The molecule has 0 fully saturated rings. The molecule has 146 valence electrons. The summed E-state index contributed by atoms with van der Waals surface area (Å²) in [6.45, 7) is 1.34. The normalized spacial score (nSPS) is 11.1. The molecule has 1 aromatic heterocycles. The van der Waals surface area contributed by atoms with Crippen LogP contribution in [0.5, 0.6) is 5.75 Å². The number of benzene rings is 2. The molecule has 2 aromatic carbocycles. The zero-order chi connectivity index (χ0) is 20.1. The van der Waals surface area contributed by atoms with Gasteiger partial charge in [0, 0.05) is 17.8 Å². The molecule has 0 aliphatic rings. The van der Waals surface area contributed by atoms with E-state index in [0.717, 1.165) is 0 Å². The Kier molecular flexibility index (Phi) is 5.86. The number of ether oxygens (including phenoxy) is 1. The van der Waals surface area contributed by atoms with Gasteiger partial charge in [0.05, 0.1) is 5.02 Å². The maximum absolute atomic E-state index is 12.6. The summed E-state index contributed by atoms with van der Waals surface area (Å²) in [7, 11) is -3.94. The van der Waals surface area contributed by atoms with E-state index < -0.39 is 15.9 Å². The fourth-order valence-electron chi connectivity index (χ4n) is 2.25. The number of anilines is 2. The Morgan fingerprint density at radius 3 is 2.61 bits per heavy atom. The summed E-state index contributed by atoms with van der Waals surface area (Å²) in [6, 6.07) is 14.1. The van der Waals surface area contributed by atoms with Crippen LogP contribution in [0.25, 0.3) is 0 Å². The summed E-state index contributed by atoms with van der Waals surface area (Å²) < 4.78 is 37.9. The fraction of sp³-hybridized carbons (Fsp3) is 0.111. The third kappa shape index (κ3) is 5.02. The van der Waals surface area contributed by atoms with E-state index in [4.69, 9.17) is 20.9 Å². The monoisotopic (exact) mass is 421 g/mol. The van der Waals surface area contributed by atoms with Crippen LogP contribution in [0.15, 0.2) is 64.0 Å². The van der Waals surface area contributed by atoms with Gasteiger partial charge in [-0.25, -0.2) is 8.42 Å². The Morgan fingerprint density at radius 2 is 1.93 bits per heavy atom. The first kappa shape index (κ1) is 19.7. The first-order chi connectivity index (χ1) is 13.3. The molecule has 28 heavy (non-hydrogen) atoms. The van der Waals surface area contributed by atoms with Crippen LogP contribution >= 0.6 is 11.6 Å². The van der Waals surface area contributed by atoms with E-state index in [2.05, 4.69) is 15.2 Å². The lowest BCUT2D eigenvalue weighted by Crippen LogP contribution is -2.20. The fourth-order valence-corrected chi connectivity index (χ4v) is 3.82. The maximum Gasteiger partial charge on any atom is 0.263 e. The molecule has 0 spiro atoms. The van der Waals surface area contributed by atoms with Gasteiger partial charge >= 0.3 is 0 Å². The van der Waals surface area contributed by atoms with Gasteiger partial charge in [-0.15, -0.1) is 0 Å². The van der Waals surface area contributed by atoms with Crippen LogP contribution in [0.2, 0.25) is 5.02 Å². The average molecular weight is 422 g/mol. The van der Waals surface area contributed by atoms with Crippen LogP contribution in [-0.4, -0.2) is 26.1 Å². The quantitative estimate of drug-likeness (QED) is 0.604. The van der Waals surface area contributed by atoms with E-state index >= 15 is 0 Å². The van der Waals surface area contributed by atoms with Gasteiger partial charge < -0.3 is 14.6 Å². The predicted molar refractivity (Wildman–Crippen MR) is 104 cm³/mol. The summed E-state index contributed by atoms with van der Waals surface area (Å²) >= 11 is 6.05. The molecule has 10 heteroatoms. The Balaban J connectivity index is 1.69. The zero-order valence-electron chi connectivity index (χ0n) is 14.7. The van der Waals surface area contributed by atoms with E-state index in [0.29, 0.717) is 11.4 Å². The number of hydrogen-bond donors (Lipinski definition) is 2. The van der Waals surface area contributed by atoms with E-state index in [1.54, 1.807) is 43.3 Å². The minimum absolute atomic E-state index is 0.0262. The number of amides is 1. The molecule has 2 N–H and O–H groups in total. The molecule has 0 unspecified atom stereocenters. The summed E-state index contributed by atoms with van der Waals surface area (Å²) in [6.07, 6.45) is 0. The number of sulfonamides is 1. The van der Waals surface area contributed by atoms with Crippen molar-refractivity contribution < 1.29 is 22.5 Å². The topological polar surface area (TPSA) is 111 Å². The van der Waals surface area contributed by atoms with Gasteiger partial charge in [0.1, 0.15) is 16.4 Å². The zero-order valence-corrected chi connectivity index (χ0v) is 16.3. The highest BCUT2D eigenvalue weighted by molar-refractivity contribution is 7.92. The second-order valence-electron chi connectivity index (χ2n) is 5.72. The van der Waals surface area contributed by atoms with E-state index in [-0.39, 0.29) is 28.1 Å². The number of aryl methyl sites for hydroxylation is 1. The molecule has 0 bridgehead atoms. The number of rotatable bonds is 7. The standard InChI is InChI=1S/C18H16ClN3O5S/c1-12-9-17(21-27-12)20-18(23)11-26-14-7-8-15(19)16(10-14)28(24,25)22-13-5-3-2-4-6-13/h2-10,22H,11H2,1H3,(H,20,21,23). The summed E-state index contributed by atoms with van der Waals surface area (Å²) in [5, 5.41) is 6.16. The number of hydrogen-bond acceptors (Lipinski definition) is 6. The number of halogens is 1. The minimum atomic E-state index is -3.94. The van der Waals surface area contributed by atoms with Crippen LogP contribution in [0.3, 0.4) is 0 Å². The van der Waals surface area contributed by atoms with Crippen molar-refractivity contribution in [3.8, 4) is 5.75 Å². The van der Waals surface area contributed by atoms with Crippen LogP contribution < -0.4 is 14.8 Å². The van der Waals surface area contributed by atoms with Gasteiger partial charge in [-0.05, 0) is 31.2 Å². The Morgan fingerprint density at radius 1 is 1.18 bits per heavy atom. The molecule has 0 atom stereocenters. The summed E-state index contributed by atoms with van der Waals surface area (Å²) in [5.41, 5.74) is 0.396. The molecule has 3 aromatic rings. The van der Waals surface area contributed by atoms with Gasteiger partial charge in [-0.2, -0.15) is 0 Å². The highest BCUT2D eigenvalue weighted by Crippen LogP contribution is 2.28. The van der Waals surface area contributed by atoms with Crippen molar-refractivity contribution in [2.24, 2.45) is 0 Å². The van der Waals surface area contributed by atoms with Crippen molar-refractivity contribution in [3.63, 3.8) is 0 Å². The third-order valence-corrected chi connectivity index (χ3v) is 5.35. The largest absolute Gasteiger partial charge is 0.484 e. The SMILES string of the molecule is Cc1cc(NC(=O)COc2ccc(Cl)c(S(=O)(=O)Nc3ccccc3)c2)no1. The lowest BCUT2D eigenvalue weighted by atomic mass is 10.3. The second kappa shape index (κ2) is 8.32. The van der Waals surface area contributed by atoms with Crippen molar-refractivity contribution >= 4 is 39.0 Å². The van der Waals surface area contributed by atoms with Crippen molar-refractivity contribution in [2.75, 3.05) is 16.6 Å². The van der Waals surface area contributed by atoms with Gasteiger partial charge in [-0.1, -0.05) is 35.0 Å². The average Bonchev–Trinajstić information content (AvgIpc) is 3.06. The lowest BCUT2D eigenvalue weighted by molar-refractivity contribution is -0.118. The van der Waals surface area contributed by atoms with Gasteiger partial charge in [0.15, 0.2) is 12.4 Å². The van der Waals surface area contributed by atoms with Crippen LogP contribution in [-0.2, 0) is 14.8 Å². The third-order valence-electron chi connectivity index (χ3n) is 3.48. The first-order valence-electron chi connectivity index (χ1n) is 8.07. The Bertz CT molecular complexity index is 1080. The summed E-state index contributed by atoms with van der Waals surface area (Å²) in [5.74, 6) is 0.506. The second-order valence-corrected chi connectivity index (χ2v) is 7.78. The van der Waals surface area contributed by atoms with E-state index in [1.165, 1.54) is 18.2 Å². The molecule has 0 saturated carbocycles. The first-order valence-corrected chi connectivity index (χ1v) is 9.93. The minimum Gasteiger partial charge on any atom is -0.484 e.